The fourth-order valence-corrected chi connectivity index (χ4v) is 2.59. The summed E-state index contributed by atoms with van der Waals surface area (Å²) in [5.41, 5.74) is 11.2. The average Bonchev–Trinajstić information content (AvgIpc) is 2.70. The van der Waals surface area contributed by atoms with Crippen LogP contribution in [0.3, 0.4) is 0 Å². The van der Waals surface area contributed by atoms with E-state index in [9.17, 15) is 29.1 Å². The van der Waals surface area contributed by atoms with Gasteiger partial charge in [-0.1, -0.05) is 20.3 Å². The number of hydrogen-bond acceptors (Lipinski definition) is 7. The smallest absolute Gasteiger partial charge is 0.326 e. The van der Waals surface area contributed by atoms with Gasteiger partial charge in [0.1, 0.15) is 18.1 Å². The van der Waals surface area contributed by atoms with E-state index in [4.69, 9.17) is 16.6 Å². The molecule has 0 rings (SSSR count). The zero-order valence-corrected chi connectivity index (χ0v) is 18.2. The highest BCUT2D eigenvalue weighted by Gasteiger charge is 2.30. The Labute approximate surface area is 181 Å². The average molecular weight is 446 g/mol. The largest absolute Gasteiger partial charge is 0.481 e. The van der Waals surface area contributed by atoms with E-state index < -0.39 is 60.2 Å². The number of amides is 3. The fourth-order valence-electron chi connectivity index (χ4n) is 2.59. The Morgan fingerprint density at radius 3 is 1.94 bits per heavy atom. The minimum Gasteiger partial charge on any atom is -0.481 e. The number of nitrogens with one attached hydrogen (secondary N) is 3. The van der Waals surface area contributed by atoms with Crippen molar-refractivity contribution in [2.24, 2.45) is 17.4 Å². The van der Waals surface area contributed by atoms with Crippen molar-refractivity contribution in [3.05, 3.63) is 0 Å². The third-order valence-electron chi connectivity index (χ3n) is 4.89. The number of carbonyl (C=O) groups excluding carboxylic acids is 3. The van der Waals surface area contributed by atoms with Crippen molar-refractivity contribution in [3.63, 3.8) is 0 Å². The molecular weight excluding hydrogens is 410 g/mol. The molecule has 0 bridgehead atoms. The molecule has 0 aromatic heterocycles. The maximum absolute atomic E-state index is 12.5. The normalized spacial score (nSPS) is 15.6. The number of carboxylic acids is 2. The molecular formula is C19H35N5O7. The topological polar surface area (TPSA) is 214 Å². The lowest BCUT2D eigenvalue weighted by Gasteiger charge is -2.24. The fraction of sp³-hybridized carbons (Fsp3) is 0.737. The van der Waals surface area contributed by atoms with E-state index in [2.05, 4.69) is 16.0 Å². The molecule has 3 amide bonds. The molecule has 0 radical (unpaired) electrons. The summed E-state index contributed by atoms with van der Waals surface area (Å²) in [5.74, 6) is -5.08. The summed E-state index contributed by atoms with van der Waals surface area (Å²) >= 11 is 0. The Kier molecular flexibility index (Phi) is 13.0. The molecule has 0 aromatic rings. The van der Waals surface area contributed by atoms with E-state index in [0.717, 1.165) is 0 Å². The predicted molar refractivity (Wildman–Crippen MR) is 112 cm³/mol. The molecule has 12 nitrogen and oxygen atoms in total. The minimum atomic E-state index is -1.45. The zero-order valence-electron chi connectivity index (χ0n) is 18.2. The Morgan fingerprint density at radius 1 is 0.871 bits per heavy atom. The first-order chi connectivity index (χ1) is 14.4. The lowest BCUT2D eigenvalue weighted by atomic mass is 9.99. The van der Waals surface area contributed by atoms with E-state index in [1.807, 2.05) is 6.92 Å². The first kappa shape index (κ1) is 28.3. The Morgan fingerprint density at radius 2 is 1.45 bits per heavy atom. The van der Waals surface area contributed by atoms with Gasteiger partial charge in [-0.05, 0) is 38.6 Å². The summed E-state index contributed by atoms with van der Waals surface area (Å²) < 4.78 is 0. The summed E-state index contributed by atoms with van der Waals surface area (Å²) in [7, 11) is 0. The Balaban J connectivity index is 5.06. The molecule has 0 saturated heterocycles. The highest BCUT2D eigenvalue weighted by atomic mass is 16.4. The van der Waals surface area contributed by atoms with Crippen LogP contribution in [0.5, 0.6) is 0 Å². The van der Waals surface area contributed by atoms with Crippen molar-refractivity contribution in [2.75, 3.05) is 6.54 Å². The van der Waals surface area contributed by atoms with Gasteiger partial charge in [-0.3, -0.25) is 19.2 Å². The van der Waals surface area contributed by atoms with Gasteiger partial charge in [-0.25, -0.2) is 4.79 Å². The van der Waals surface area contributed by atoms with Crippen molar-refractivity contribution >= 4 is 29.7 Å². The third kappa shape index (κ3) is 10.7. The van der Waals surface area contributed by atoms with Crippen LogP contribution >= 0.6 is 0 Å². The van der Waals surface area contributed by atoms with Gasteiger partial charge in [0.05, 0.1) is 12.5 Å². The molecule has 0 aliphatic carbocycles. The molecule has 0 saturated carbocycles. The van der Waals surface area contributed by atoms with Gasteiger partial charge in [0, 0.05) is 0 Å². The van der Waals surface area contributed by atoms with Crippen molar-refractivity contribution in [2.45, 2.75) is 77.0 Å². The number of unbranched alkanes of at least 4 members (excludes halogenated alkanes) is 1. The maximum Gasteiger partial charge on any atom is 0.326 e. The first-order valence-corrected chi connectivity index (χ1v) is 10.3. The number of carboxylic acid groups (broad SMARTS) is 2. The van der Waals surface area contributed by atoms with Gasteiger partial charge in [0.25, 0.3) is 0 Å². The maximum atomic E-state index is 12.5. The second-order valence-corrected chi connectivity index (χ2v) is 7.48. The molecule has 31 heavy (non-hydrogen) atoms. The van der Waals surface area contributed by atoms with Gasteiger partial charge in [0.2, 0.25) is 17.7 Å². The van der Waals surface area contributed by atoms with E-state index in [1.54, 1.807) is 6.92 Å². The van der Waals surface area contributed by atoms with Crippen LogP contribution in [0.2, 0.25) is 0 Å². The lowest BCUT2D eigenvalue weighted by molar-refractivity contribution is -0.143. The quantitative estimate of drug-likeness (QED) is 0.146. The molecule has 0 heterocycles. The number of carbonyl (C=O) groups is 5. The second-order valence-electron chi connectivity index (χ2n) is 7.48. The standard InChI is InChI=1S/C19H35N5O7/c1-4-10(2)15(21)18(29)24-13(9-14(25)26)17(28)22-11(3)16(27)23-12(19(30)31)7-5-6-8-20/h10-13,15H,4-9,20-21H2,1-3H3,(H,22,28)(H,23,27)(H,24,29)(H,25,26)(H,30,31). The molecule has 5 unspecified atom stereocenters. The molecule has 0 aromatic carbocycles. The van der Waals surface area contributed by atoms with Crippen LogP contribution in [0.4, 0.5) is 0 Å². The monoisotopic (exact) mass is 445 g/mol. The van der Waals surface area contributed by atoms with Gasteiger partial charge < -0.3 is 37.6 Å². The summed E-state index contributed by atoms with van der Waals surface area (Å²) in [6.45, 7) is 5.29. The molecule has 0 spiro atoms. The van der Waals surface area contributed by atoms with Crippen LogP contribution in [-0.2, 0) is 24.0 Å². The number of hydrogen-bond donors (Lipinski definition) is 7. The summed E-state index contributed by atoms with van der Waals surface area (Å²) in [6, 6.07) is -4.70. The molecule has 0 aliphatic rings. The lowest BCUT2D eigenvalue weighted by Crippen LogP contribution is -2.57. The zero-order chi connectivity index (χ0) is 24.1. The van der Waals surface area contributed by atoms with Crippen LogP contribution in [0.15, 0.2) is 0 Å². The van der Waals surface area contributed by atoms with E-state index >= 15 is 0 Å². The Hall–Kier alpha value is -2.73. The highest BCUT2D eigenvalue weighted by Crippen LogP contribution is 2.06. The van der Waals surface area contributed by atoms with Crippen molar-refractivity contribution in [3.8, 4) is 0 Å². The molecule has 0 fully saturated rings. The highest BCUT2D eigenvalue weighted by molar-refractivity contribution is 5.95. The van der Waals surface area contributed by atoms with Gasteiger partial charge in [-0.15, -0.1) is 0 Å². The number of rotatable bonds is 15. The SMILES string of the molecule is CCC(C)C(N)C(=O)NC(CC(=O)O)C(=O)NC(C)C(=O)NC(CCCCN)C(=O)O. The van der Waals surface area contributed by atoms with Crippen LogP contribution in [0.25, 0.3) is 0 Å². The predicted octanol–water partition coefficient (Wildman–Crippen LogP) is -1.48. The molecule has 5 atom stereocenters. The van der Waals surface area contributed by atoms with E-state index in [-0.39, 0.29) is 12.3 Å². The summed E-state index contributed by atoms with van der Waals surface area (Å²) in [6.07, 6.45) is 1.16. The van der Waals surface area contributed by atoms with Crippen molar-refractivity contribution < 1.29 is 34.2 Å². The van der Waals surface area contributed by atoms with Crippen molar-refractivity contribution in [1.29, 1.82) is 0 Å². The Bertz CT molecular complexity index is 643. The third-order valence-corrected chi connectivity index (χ3v) is 4.89. The van der Waals surface area contributed by atoms with Gasteiger partial charge in [-0.2, -0.15) is 0 Å². The molecule has 12 heteroatoms. The van der Waals surface area contributed by atoms with Crippen LogP contribution < -0.4 is 27.4 Å². The summed E-state index contributed by atoms with van der Waals surface area (Å²) in [5, 5.41) is 25.2. The first-order valence-electron chi connectivity index (χ1n) is 10.3. The number of nitrogens with two attached hydrogens (primary N) is 2. The minimum absolute atomic E-state index is 0.171. The molecule has 0 aliphatic heterocycles. The second kappa shape index (κ2) is 14.3. The van der Waals surface area contributed by atoms with Gasteiger partial charge in [0.15, 0.2) is 0 Å². The molecule has 178 valence electrons. The van der Waals surface area contributed by atoms with E-state index in [1.165, 1.54) is 6.92 Å². The van der Waals surface area contributed by atoms with Crippen LogP contribution in [-0.4, -0.2) is 70.6 Å². The van der Waals surface area contributed by atoms with E-state index in [0.29, 0.717) is 25.8 Å². The van der Waals surface area contributed by atoms with Crippen molar-refractivity contribution in [1.82, 2.24) is 16.0 Å². The number of aliphatic carboxylic acids is 2. The van der Waals surface area contributed by atoms with Gasteiger partial charge >= 0.3 is 11.9 Å². The molecule has 9 N–H and O–H groups in total. The summed E-state index contributed by atoms with van der Waals surface area (Å²) in [4.78, 5) is 59.4. The van der Waals surface area contributed by atoms with Crippen LogP contribution in [0, 0.1) is 5.92 Å². The van der Waals surface area contributed by atoms with Crippen LogP contribution in [0.1, 0.15) is 52.9 Å².